The number of anilines is 1. The van der Waals surface area contributed by atoms with Crippen LogP contribution in [0.5, 0.6) is 5.75 Å². The number of nitrogens with one attached hydrogen (secondary N) is 2. The Hall–Kier alpha value is -3.47. The average Bonchev–Trinajstić information content (AvgIpc) is 2.99. The molecule has 0 fully saturated rings. The molecular weight excluding hydrogens is 333 g/mol. The van der Waals surface area contributed by atoms with Crippen molar-refractivity contribution in [1.82, 2.24) is 9.97 Å². The SMILES string of the molecule is N#C/C(=C\Nc1ccc(OC(F)(F)F)cc1)c1nc2ccccc2[nH]1. The van der Waals surface area contributed by atoms with Crippen LogP contribution in [0, 0.1) is 11.3 Å². The van der Waals surface area contributed by atoms with Gasteiger partial charge in [0.2, 0.25) is 0 Å². The van der Waals surface area contributed by atoms with Crippen LogP contribution in [0.25, 0.3) is 16.6 Å². The summed E-state index contributed by atoms with van der Waals surface area (Å²) in [7, 11) is 0. The lowest BCUT2D eigenvalue weighted by molar-refractivity contribution is -0.274. The fraction of sp³-hybridized carbons (Fsp3) is 0.0588. The van der Waals surface area contributed by atoms with E-state index < -0.39 is 6.36 Å². The van der Waals surface area contributed by atoms with Crippen LogP contribution < -0.4 is 10.1 Å². The number of para-hydroxylation sites is 2. The Labute approximate surface area is 140 Å². The average molecular weight is 344 g/mol. The van der Waals surface area contributed by atoms with Crippen LogP contribution in [0.2, 0.25) is 0 Å². The zero-order chi connectivity index (χ0) is 17.9. The van der Waals surface area contributed by atoms with Gasteiger partial charge in [0.1, 0.15) is 17.4 Å². The molecule has 0 radical (unpaired) electrons. The molecule has 0 unspecified atom stereocenters. The van der Waals surface area contributed by atoms with Gasteiger partial charge in [-0.25, -0.2) is 4.98 Å². The summed E-state index contributed by atoms with van der Waals surface area (Å²) < 4.78 is 40.2. The first-order valence-electron chi connectivity index (χ1n) is 7.12. The number of fused-ring (bicyclic) bond motifs is 1. The van der Waals surface area contributed by atoms with Gasteiger partial charge in [-0.3, -0.25) is 0 Å². The lowest BCUT2D eigenvalue weighted by atomic mass is 10.3. The predicted molar refractivity (Wildman–Crippen MR) is 86.4 cm³/mol. The number of halogens is 3. The predicted octanol–water partition coefficient (Wildman–Crippen LogP) is 4.44. The van der Waals surface area contributed by atoms with Crippen molar-refractivity contribution in [3.63, 3.8) is 0 Å². The van der Waals surface area contributed by atoms with Gasteiger partial charge in [0.15, 0.2) is 5.82 Å². The van der Waals surface area contributed by atoms with E-state index in [0.29, 0.717) is 11.5 Å². The van der Waals surface area contributed by atoms with E-state index >= 15 is 0 Å². The second-order valence-electron chi connectivity index (χ2n) is 4.99. The summed E-state index contributed by atoms with van der Waals surface area (Å²) in [5.74, 6) is 0.0769. The highest BCUT2D eigenvalue weighted by atomic mass is 19.4. The minimum Gasteiger partial charge on any atom is -0.406 e. The summed E-state index contributed by atoms with van der Waals surface area (Å²) in [6.07, 6.45) is -3.30. The maximum absolute atomic E-state index is 12.1. The van der Waals surface area contributed by atoms with Crippen LogP contribution in [0.1, 0.15) is 5.82 Å². The van der Waals surface area contributed by atoms with Gasteiger partial charge in [-0.2, -0.15) is 5.26 Å². The molecule has 0 spiro atoms. The van der Waals surface area contributed by atoms with Crippen LogP contribution in [-0.2, 0) is 0 Å². The van der Waals surface area contributed by atoms with Crippen molar-refractivity contribution in [2.24, 2.45) is 0 Å². The zero-order valence-electron chi connectivity index (χ0n) is 12.6. The van der Waals surface area contributed by atoms with Crippen molar-refractivity contribution in [2.45, 2.75) is 6.36 Å². The molecule has 1 heterocycles. The number of rotatable bonds is 4. The molecule has 126 valence electrons. The number of ether oxygens (including phenoxy) is 1. The topological polar surface area (TPSA) is 73.7 Å². The number of hydrogen-bond acceptors (Lipinski definition) is 4. The Morgan fingerprint density at radius 2 is 1.88 bits per heavy atom. The number of alkyl halides is 3. The summed E-state index contributed by atoms with van der Waals surface area (Å²) >= 11 is 0. The fourth-order valence-corrected chi connectivity index (χ4v) is 2.14. The molecule has 8 heteroatoms. The molecule has 1 aromatic heterocycles. The van der Waals surface area contributed by atoms with E-state index in [4.69, 9.17) is 0 Å². The molecule has 0 saturated carbocycles. The van der Waals surface area contributed by atoms with Gasteiger partial charge in [0, 0.05) is 11.9 Å². The monoisotopic (exact) mass is 344 g/mol. The Balaban J connectivity index is 1.76. The first kappa shape index (κ1) is 16.4. The van der Waals surface area contributed by atoms with Crippen molar-refractivity contribution in [2.75, 3.05) is 5.32 Å². The highest BCUT2D eigenvalue weighted by Crippen LogP contribution is 2.24. The number of nitrogens with zero attached hydrogens (tertiary/aromatic N) is 2. The van der Waals surface area contributed by atoms with E-state index in [1.165, 1.54) is 30.5 Å². The molecule has 5 nitrogen and oxygen atoms in total. The highest BCUT2D eigenvalue weighted by Gasteiger charge is 2.30. The van der Waals surface area contributed by atoms with Crippen LogP contribution in [0.3, 0.4) is 0 Å². The molecule has 0 aliphatic carbocycles. The molecule has 0 amide bonds. The number of allylic oxidation sites excluding steroid dienone is 1. The van der Waals surface area contributed by atoms with Crippen LogP contribution in [-0.4, -0.2) is 16.3 Å². The van der Waals surface area contributed by atoms with Crippen molar-refractivity contribution in [1.29, 1.82) is 5.26 Å². The van der Waals surface area contributed by atoms with Gasteiger partial charge >= 0.3 is 6.36 Å². The summed E-state index contributed by atoms with van der Waals surface area (Å²) in [4.78, 5) is 7.35. The molecule has 0 aliphatic rings. The van der Waals surface area contributed by atoms with E-state index in [0.717, 1.165) is 11.0 Å². The molecular formula is C17H11F3N4O. The first-order valence-corrected chi connectivity index (χ1v) is 7.12. The summed E-state index contributed by atoms with van der Waals surface area (Å²) in [6, 6.07) is 14.5. The molecule has 0 aliphatic heterocycles. The first-order chi connectivity index (χ1) is 11.9. The Kier molecular flexibility index (Phi) is 4.31. The molecule has 0 saturated heterocycles. The van der Waals surface area contributed by atoms with E-state index in [9.17, 15) is 18.4 Å². The van der Waals surface area contributed by atoms with Gasteiger partial charge in [-0.1, -0.05) is 12.1 Å². The maximum atomic E-state index is 12.1. The third-order valence-electron chi connectivity index (χ3n) is 3.24. The molecule has 0 atom stereocenters. The van der Waals surface area contributed by atoms with E-state index in [2.05, 4.69) is 20.0 Å². The number of aromatic amines is 1. The zero-order valence-corrected chi connectivity index (χ0v) is 12.6. The van der Waals surface area contributed by atoms with Gasteiger partial charge < -0.3 is 15.0 Å². The van der Waals surface area contributed by atoms with Crippen molar-refractivity contribution in [3.05, 3.63) is 60.6 Å². The van der Waals surface area contributed by atoms with Gasteiger partial charge in [0.05, 0.1) is 11.0 Å². The van der Waals surface area contributed by atoms with Crippen molar-refractivity contribution >= 4 is 22.3 Å². The third kappa shape index (κ3) is 4.09. The van der Waals surface area contributed by atoms with Gasteiger partial charge in [0.25, 0.3) is 0 Å². The number of aromatic nitrogens is 2. The Morgan fingerprint density at radius 3 is 2.52 bits per heavy atom. The van der Waals surface area contributed by atoms with Gasteiger partial charge in [-0.05, 0) is 36.4 Å². The minimum absolute atomic E-state index is 0.256. The molecule has 3 aromatic rings. The largest absolute Gasteiger partial charge is 0.573 e. The third-order valence-corrected chi connectivity index (χ3v) is 3.24. The Morgan fingerprint density at radius 1 is 1.16 bits per heavy atom. The summed E-state index contributed by atoms with van der Waals surface area (Å²) in [5, 5.41) is 12.1. The fourth-order valence-electron chi connectivity index (χ4n) is 2.14. The molecule has 0 bridgehead atoms. The van der Waals surface area contributed by atoms with Crippen molar-refractivity contribution < 1.29 is 17.9 Å². The lowest BCUT2D eigenvalue weighted by Gasteiger charge is -2.09. The highest BCUT2D eigenvalue weighted by molar-refractivity contribution is 5.82. The van der Waals surface area contributed by atoms with E-state index in [-0.39, 0.29) is 11.3 Å². The lowest BCUT2D eigenvalue weighted by Crippen LogP contribution is -2.16. The molecule has 3 rings (SSSR count). The normalized spacial score (nSPS) is 12.0. The number of imidazole rings is 1. The Bertz CT molecular complexity index is 919. The second kappa shape index (κ2) is 6.57. The molecule has 25 heavy (non-hydrogen) atoms. The second-order valence-corrected chi connectivity index (χ2v) is 4.99. The summed E-state index contributed by atoms with van der Waals surface area (Å²) in [5.41, 5.74) is 2.28. The minimum atomic E-state index is -4.73. The summed E-state index contributed by atoms with van der Waals surface area (Å²) in [6.45, 7) is 0. The maximum Gasteiger partial charge on any atom is 0.573 e. The van der Waals surface area contributed by atoms with Crippen LogP contribution in [0.15, 0.2) is 54.7 Å². The van der Waals surface area contributed by atoms with E-state index in [1.54, 1.807) is 0 Å². The number of benzene rings is 2. The molecule has 2 aromatic carbocycles. The quantitative estimate of drug-likeness (QED) is 0.686. The number of nitriles is 1. The van der Waals surface area contributed by atoms with Gasteiger partial charge in [-0.15, -0.1) is 13.2 Å². The molecule has 2 N–H and O–H groups in total. The van der Waals surface area contributed by atoms with Crippen LogP contribution >= 0.6 is 0 Å². The van der Waals surface area contributed by atoms with Crippen LogP contribution in [0.4, 0.5) is 18.9 Å². The van der Waals surface area contributed by atoms with E-state index in [1.807, 2.05) is 30.3 Å². The number of hydrogen-bond donors (Lipinski definition) is 2. The number of H-pyrrole nitrogens is 1. The smallest absolute Gasteiger partial charge is 0.406 e. The standard InChI is InChI=1S/C17H11F3N4O/c18-17(19,20)25-13-7-5-12(6-8-13)22-10-11(9-21)16-23-14-3-1-2-4-15(14)24-16/h1-8,10,22H,(H,23,24)/b11-10+. The van der Waals surface area contributed by atoms with Crippen molar-refractivity contribution in [3.8, 4) is 11.8 Å².